The van der Waals surface area contributed by atoms with E-state index in [1.165, 1.54) is 85.8 Å². The van der Waals surface area contributed by atoms with E-state index in [-0.39, 0.29) is 0 Å². The number of thiophene rings is 1. The zero-order valence-corrected chi connectivity index (χ0v) is 26.9. The molecule has 0 unspecified atom stereocenters. The van der Waals surface area contributed by atoms with Crippen LogP contribution in [0.15, 0.2) is 176 Å². The number of rotatable bonds is 4. The van der Waals surface area contributed by atoms with Crippen molar-refractivity contribution in [1.29, 1.82) is 0 Å². The molecule has 0 bridgehead atoms. The number of fused-ring (bicyclic) bond motifs is 9. The van der Waals surface area contributed by atoms with E-state index in [1.807, 2.05) is 11.3 Å². The van der Waals surface area contributed by atoms with Crippen molar-refractivity contribution in [3.8, 4) is 11.1 Å². The SMILES string of the molecule is c1ccc2c(-c3ccc(N(c4cc5ccc6ccccc6c5c5ccccc45)c4cccc5sc6ccccc6c45)cc3)cccc2c1. The second-order valence-corrected chi connectivity index (χ2v) is 13.6. The molecule has 9 aromatic carbocycles. The van der Waals surface area contributed by atoms with E-state index in [0.29, 0.717) is 0 Å². The maximum atomic E-state index is 2.49. The van der Waals surface area contributed by atoms with Gasteiger partial charge in [0.25, 0.3) is 0 Å². The molecule has 224 valence electrons. The van der Waals surface area contributed by atoms with Crippen molar-refractivity contribution in [2.45, 2.75) is 0 Å². The molecule has 0 aliphatic carbocycles. The van der Waals surface area contributed by atoms with Crippen molar-refractivity contribution in [2.24, 2.45) is 0 Å². The van der Waals surface area contributed by atoms with Crippen molar-refractivity contribution >= 4 is 91.7 Å². The topological polar surface area (TPSA) is 3.24 Å². The summed E-state index contributed by atoms with van der Waals surface area (Å²) in [6.45, 7) is 0. The van der Waals surface area contributed by atoms with Gasteiger partial charge in [0, 0.05) is 31.2 Å². The highest BCUT2D eigenvalue weighted by Crippen LogP contribution is 2.48. The lowest BCUT2D eigenvalue weighted by molar-refractivity contribution is 1.32. The van der Waals surface area contributed by atoms with Crippen molar-refractivity contribution in [3.05, 3.63) is 176 Å². The van der Waals surface area contributed by atoms with Gasteiger partial charge >= 0.3 is 0 Å². The summed E-state index contributed by atoms with van der Waals surface area (Å²) >= 11 is 1.87. The summed E-state index contributed by atoms with van der Waals surface area (Å²) in [4.78, 5) is 2.49. The standard InChI is InChI=1S/C46H29NS/c1-3-14-35-30(11-1)13-9-19-36(35)32-25-27-34(28-26-32)47(41-20-10-22-44-46(41)40-18-7-8-21-43(40)48-44)42-29-33-24-23-31-12-2-4-15-37(31)45(33)39-17-6-5-16-38(39)42/h1-29H. The van der Waals surface area contributed by atoms with Crippen LogP contribution in [0.4, 0.5) is 17.1 Å². The van der Waals surface area contributed by atoms with Crippen LogP contribution >= 0.6 is 11.3 Å². The smallest absolute Gasteiger partial charge is 0.0555 e. The van der Waals surface area contributed by atoms with Crippen molar-refractivity contribution in [2.75, 3.05) is 4.90 Å². The predicted molar refractivity (Wildman–Crippen MR) is 209 cm³/mol. The van der Waals surface area contributed by atoms with Crippen molar-refractivity contribution < 1.29 is 0 Å². The third kappa shape index (κ3) is 4.17. The van der Waals surface area contributed by atoms with Crippen LogP contribution in [-0.4, -0.2) is 0 Å². The third-order valence-corrected chi connectivity index (χ3v) is 11.0. The molecule has 10 aromatic rings. The zero-order valence-electron chi connectivity index (χ0n) is 26.1. The van der Waals surface area contributed by atoms with Crippen LogP contribution in [0.5, 0.6) is 0 Å². The van der Waals surface area contributed by atoms with Crippen molar-refractivity contribution in [3.63, 3.8) is 0 Å². The lowest BCUT2D eigenvalue weighted by Gasteiger charge is -2.29. The summed E-state index contributed by atoms with van der Waals surface area (Å²) in [5.41, 5.74) is 5.96. The molecule has 0 N–H and O–H groups in total. The molecular weight excluding hydrogens is 599 g/mol. The van der Waals surface area contributed by atoms with E-state index in [1.54, 1.807) is 0 Å². The first kappa shape index (κ1) is 27.2. The van der Waals surface area contributed by atoms with Gasteiger partial charge in [0.1, 0.15) is 0 Å². The molecule has 48 heavy (non-hydrogen) atoms. The first-order chi connectivity index (χ1) is 23.8. The number of hydrogen-bond donors (Lipinski definition) is 0. The van der Waals surface area contributed by atoms with Gasteiger partial charge in [-0.2, -0.15) is 0 Å². The van der Waals surface area contributed by atoms with Crippen LogP contribution in [-0.2, 0) is 0 Å². The molecule has 1 aromatic heterocycles. The summed E-state index contributed by atoms with van der Waals surface area (Å²) in [5.74, 6) is 0. The molecule has 0 saturated carbocycles. The minimum Gasteiger partial charge on any atom is -0.309 e. The van der Waals surface area contributed by atoms with E-state index in [4.69, 9.17) is 0 Å². The average molecular weight is 628 g/mol. The maximum Gasteiger partial charge on any atom is 0.0555 e. The molecule has 2 heteroatoms. The Morgan fingerprint density at radius 3 is 1.79 bits per heavy atom. The normalized spacial score (nSPS) is 11.8. The van der Waals surface area contributed by atoms with Gasteiger partial charge in [-0.3, -0.25) is 0 Å². The fraction of sp³-hybridized carbons (Fsp3) is 0. The third-order valence-electron chi connectivity index (χ3n) is 9.81. The molecule has 0 spiro atoms. The van der Waals surface area contributed by atoms with E-state index >= 15 is 0 Å². The molecule has 1 nitrogen and oxygen atoms in total. The maximum absolute atomic E-state index is 2.49. The lowest BCUT2D eigenvalue weighted by atomic mass is 9.94. The largest absolute Gasteiger partial charge is 0.309 e. The van der Waals surface area contributed by atoms with Gasteiger partial charge in [0.15, 0.2) is 0 Å². The number of nitrogens with zero attached hydrogens (tertiary/aromatic N) is 1. The Hall–Kier alpha value is -5.96. The molecule has 10 rings (SSSR count). The highest BCUT2D eigenvalue weighted by Gasteiger charge is 2.22. The summed E-state index contributed by atoms with van der Waals surface area (Å²) in [7, 11) is 0. The zero-order chi connectivity index (χ0) is 31.6. The summed E-state index contributed by atoms with van der Waals surface area (Å²) in [5, 5.41) is 12.7. The fourth-order valence-electron chi connectivity index (χ4n) is 7.66. The lowest BCUT2D eigenvalue weighted by Crippen LogP contribution is -2.11. The van der Waals surface area contributed by atoms with E-state index in [9.17, 15) is 0 Å². The molecule has 0 radical (unpaired) electrons. The summed E-state index contributed by atoms with van der Waals surface area (Å²) in [6, 6.07) is 64.6. The highest BCUT2D eigenvalue weighted by molar-refractivity contribution is 7.26. The minimum atomic E-state index is 1.13. The second-order valence-electron chi connectivity index (χ2n) is 12.5. The first-order valence-corrected chi connectivity index (χ1v) is 17.3. The molecule has 0 atom stereocenters. The molecular formula is C46H29NS. The van der Waals surface area contributed by atoms with Crippen LogP contribution in [0.25, 0.3) is 74.4 Å². The molecule has 1 heterocycles. The Labute approximate surface area is 282 Å². The molecule has 0 amide bonds. The van der Waals surface area contributed by atoms with E-state index in [2.05, 4.69) is 181 Å². The minimum absolute atomic E-state index is 1.13. The van der Waals surface area contributed by atoms with Gasteiger partial charge in [-0.15, -0.1) is 11.3 Å². The quantitative estimate of drug-likeness (QED) is 0.176. The van der Waals surface area contributed by atoms with Gasteiger partial charge in [-0.05, 0) is 85.2 Å². The van der Waals surface area contributed by atoms with Gasteiger partial charge < -0.3 is 4.90 Å². The van der Waals surface area contributed by atoms with Crippen LogP contribution in [0.3, 0.4) is 0 Å². The summed E-state index contributed by atoms with van der Waals surface area (Å²) < 4.78 is 2.60. The van der Waals surface area contributed by atoms with Crippen LogP contribution in [0.2, 0.25) is 0 Å². The van der Waals surface area contributed by atoms with Crippen LogP contribution in [0, 0.1) is 0 Å². The van der Waals surface area contributed by atoms with Gasteiger partial charge in [-0.1, -0.05) is 140 Å². The van der Waals surface area contributed by atoms with Gasteiger partial charge in [-0.25, -0.2) is 0 Å². The van der Waals surface area contributed by atoms with E-state index < -0.39 is 0 Å². The highest BCUT2D eigenvalue weighted by atomic mass is 32.1. The van der Waals surface area contributed by atoms with Crippen LogP contribution in [0.1, 0.15) is 0 Å². The predicted octanol–water partition coefficient (Wildman–Crippen LogP) is 13.8. The fourth-order valence-corrected chi connectivity index (χ4v) is 8.79. The monoisotopic (exact) mass is 627 g/mol. The van der Waals surface area contributed by atoms with Gasteiger partial charge in [0.05, 0.1) is 11.4 Å². The second kappa shape index (κ2) is 10.8. The summed E-state index contributed by atoms with van der Waals surface area (Å²) in [6.07, 6.45) is 0. The number of benzene rings is 9. The van der Waals surface area contributed by atoms with E-state index in [0.717, 1.165) is 5.69 Å². The Morgan fingerprint density at radius 1 is 0.354 bits per heavy atom. The first-order valence-electron chi connectivity index (χ1n) is 16.4. The van der Waals surface area contributed by atoms with Crippen molar-refractivity contribution in [1.82, 2.24) is 0 Å². The Kier molecular flexibility index (Phi) is 6.12. The Bertz CT molecular complexity index is 2840. The Morgan fingerprint density at radius 2 is 0.958 bits per heavy atom. The Balaban J connectivity index is 1.27. The van der Waals surface area contributed by atoms with Crippen LogP contribution < -0.4 is 4.90 Å². The average Bonchev–Trinajstić information content (AvgIpc) is 3.54. The molecule has 0 aliphatic heterocycles. The number of hydrogen-bond acceptors (Lipinski definition) is 2. The van der Waals surface area contributed by atoms with Gasteiger partial charge in [0.2, 0.25) is 0 Å². The molecule has 0 fully saturated rings. The molecule has 0 aliphatic rings. The number of anilines is 3. The molecule has 0 saturated heterocycles.